The van der Waals surface area contributed by atoms with E-state index >= 15 is 0 Å². The number of aromatic nitrogens is 3. The summed E-state index contributed by atoms with van der Waals surface area (Å²) in [7, 11) is 0. The van der Waals surface area contributed by atoms with Gasteiger partial charge in [0.25, 0.3) is 0 Å². The highest BCUT2D eigenvalue weighted by Crippen LogP contribution is 2.43. The lowest BCUT2D eigenvalue weighted by Crippen LogP contribution is -2.35. The van der Waals surface area contributed by atoms with Crippen LogP contribution < -0.4 is 4.74 Å². The summed E-state index contributed by atoms with van der Waals surface area (Å²) in [5, 5.41) is 4.15. The number of hydrogen-bond acceptors (Lipinski definition) is 5. The van der Waals surface area contributed by atoms with Gasteiger partial charge in [-0.25, -0.2) is 0 Å². The maximum Gasteiger partial charge on any atom is 0.234 e. The van der Waals surface area contributed by atoms with Gasteiger partial charge in [0.2, 0.25) is 11.7 Å². The van der Waals surface area contributed by atoms with Crippen LogP contribution in [0.2, 0.25) is 0 Å². The van der Waals surface area contributed by atoms with Crippen LogP contribution in [-0.2, 0) is 0 Å². The number of ether oxygens (including phenoxy) is 1. The molecule has 0 aliphatic carbocycles. The molecule has 5 heteroatoms. The van der Waals surface area contributed by atoms with Crippen LogP contribution >= 0.6 is 0 Å². The number of benzene rings is 1. The molecule has 0 amide bonds. The Morgan fingerprint density at radius 1 is 1.12 bits per heavy atom. The lowest BCUT2D eigenvalue weighted by molar-refractivity contribution is 0.0725. The molecule has 1 aliphatic heterocycles. The van der Waals surface area contributed by atoms with E-state index in [1.54, 1.807) is 6.20 Å². The molecule has 0 spiro atoms. The van der Waals surface area contributed by atoms with Gasteiger partial charge in [0.15, 0.2) is 0 Å². The van der Waals surface area contributed by atoms with Gasteiger partial charge in [0, 0.05) is 29.4 Å². The molecule has 122 valence electrons. The molecular formula is C19H19N3O2. The fourth-order valence-electron chi connectivity index (χ4n) is 3.12. The van der Waals surface area contributed by atoms with Crippen molar-refractivity contribution in [2.45, 2.75) is 38.7 Å². The Morgan fingerprint density at radius 3 is 2.75 bits per heavy atom. The Morgan fingerprint density at radius 2 is 1.96 bits per heavy atom. The summed E-state index contributed by atoms with van der Waals surface area (Å²) in [4.78, 5) is 8.92. The fraction of sp³-hybridized carbons (Fsp3) is 0.316. The number of rotatable bonds is 2. The average Bonchev–Trinajstić information content (AvgIpc) is 3.04. The highest BCUT2D eigenvalue weighted by molar-refractivity contribution is 5.53. The van der Waals surface area contributed by atoms with Crippen molar-refractivity contribution in [3.8, 4) is 17.1 Å². The summed E-state index contributed by atoms with van der Waals surface area (Å²) in [6.07, 6.45) is 2.56. The molecule has 3 aromatic rings. The highest BCUT2D eigenvalue weighted by atomic mass is 16.5. The zero-order valence-corrected chi connectivity index (χ0v) is 14.0. The molecule has 2 aromatic heterocycles. The molecule has 0 fully saturated rings. The van der Waals surface area contributed by atoms with E-state index in [2.05, 4.69) is 35.0 Å². The molecule has 24 heavy (non-hydrogen) atoms. The summed E-state index contributed by atoms with van der Waals surface area (Å²) >= 11 is 0. The van der Waals surface area contributed by atoms with Crippen LogP contribution in [0.3, 0.4) is 0 Å². The minimum atomic E-state index is -0.279. The Labute approximate surface area is 140 Å². The number of nitrogens with zero attached hydrogens (tertiary/aromatic N) is 3. The van der Waals surface area contributed by atoms with Crippen molar-refractivity contribution in [2.75, 3.05) is 0 Å². The summed E-state index contributed by atoms with van der Waals surface area (Å²) in [5.74, 6) is 2.11. The first kappa shape index (κ1) is 14.9. The second-order valence-electron chi connectivity index (χ2n) is 6.80. The Kier molecular flexibility index (Phi) is 3.37. The Bertz CT molecular complexity index is 868. The Balaban J connectivity index is 1.73. The van der Waals surface area contributed by atoms with Crippen LogP contribution in [0.1, 0.15) is 43.3 Å². The van der Waals surface area contributed by atoms with E-state index in [-0.39, 0.29) is 11.5 Å². The molecule has 0 saturated heterocycles. The number of para-hydroxylation sites is 1. The van der Waals surface area contributed by atoms with Gasteiger partial charge in [0.1, 0.15) is 11.4 Å². The Hall–Kier alpha value is -2.69. The van der Waals surface area contributed by atoms with Crippen LogP contribution in [0, 0.1) is 6.92 Å². The number of hydrogen-bond donors (Lipinski definition) is 0. The van der Waals surface area contributed by atoms with Crippen molar-refractivity contribution in [1.29, 1.82) is 0 Å². The predicted octanol–water partition coefficient (Wildman–Crippen LogP) is 4.13. The van der Waals surface area contributed by atoms with E-state index in [9.17, 15) is 0 Å². The molecule has 0 saturated carbocycles. The standard InChI is InChI=1S/C19H19N3O2/c1-12-8-9-13(11-20-12)17-21-18(24-22-17)15-10-19(2,3)23-16-7-5-4-6-14(15)16/h4-9,11,15H,10H2,1-3H3. The van der Waals surface area contributed by atoms with Gasteiger partial charge >= 0.3 is 0 Å². The molecule has 5 nitrogen and oxygen atoms in total. The molecule has 1 atom stereocenters. The summed E-state index contributed by atoms with van der Waals surface area (Å²) < 4.78 is 11.7. The SMILES string of the molecule is Cc1ccc(-c2noc(C3CC(C)(C)Oc4ccccc43)n2)cn1. The molecule has 0 N–H and O–H groups in total. The maximum absolute atomic E-state index is 6.08. The molecule has 0 radical (unpaired) electrons. The second kappa shape index (κ2) is 5.44. The fourth-order valence-corrected chi connectivity index (χ4v) is 3.12. The number of pyridine rings is 1. The van der Waals surface area contributed by atoms with Gasteiger partial charge < -0.3 is 9.26 Å². The van der Waals surface area contributed by atoms with Crippen molar-refractivity contribution in [3.63, 3.8) is 0 Å². The molecule has 1 aromatic carbocycles. The van der Waals surface area contributed by atoms with E-state index in [1.807, 2.05) is 37.3 Å². The van der Waals surface area contributed by atoms with Crippen LogP contribution in [-0.4, -0.2) is 20.7 Å². The zero-order valence-electron chi connectivity index (χ0n) is 14.0. The average molecular weight is 321 g/mol. The third-order valence-electron chi connectivity index (χ3n) is 4.29. The molecular weight excluding hydrogens is 302 g/mol. The minimum absolute atomic E-state index is 0.0320. The van der Waals surface area contributed by atoms with Gasteiger partial charge in [-0.05, 0) is 39.0 Å². The van der Waals surface area contributed by atoms with Crippen LogP contribution in [0.25, 0.3) is 11.4 Å². The lowest BCUT2D eigenvalue weighted by atomic mass is 9.84. The summed E-state index contributed by atoms with van der Waals surface area (Å²) in [6, 6.07) is 11.9. The van der Waals surface area contributed by atoms with Crippen molar-refractivity contribution >= 4 is 0 Å². The van der Waals surface area contributed by atoms with Crippen molar-refractivity contribution in [3.05, 3.63) is 59.7 Å². The molecule has 3 heterocycles. The second-order valence-corrected chi connectivity index (χ2v) is 6.80. The number of aryl methyl sites for hydroxylation is 1. The monoisotopic (exact) mass is 321 g/mol. The van der Waals surface area contributed by atoms with Gasteiger partial charge in [0.05, 0.1) is 5.92 Å². The van der Waals surface area contributed by atoms with Gasteiger partial charge in [-0.3, -0.25) is 4.98 Å². The van der Waals surface area contributed by atoms with E-state index in [4.69, 9.17) is 9.26 Å². The topological polar surface area (TPSA) is 61.0 Å². The van der Waals surface area contributed by atoms with Crippen LogP contribution in [0.4, 0.5) is 0 Å². The summed E-state index contributed by atoms with van der Waals surface area (Å²) in [5.41, 5.74) is 2.63. The van der Waals surface area contributed by atoms with Crippen LogP contribution in [0.5, 0.6) is 5.75 Å². The first-order chi connectivity index (χ1) is 11.5. The minimum Gasteiger partial charge on any atom is -0.488 e. The number of fused-ring (bicyclic) bond motifs is 1. The van der Waals surface area contributed by atoms with E-state index in [0.717, 1.165) is 29.0 Å². The molecule has 1 unspecified atom stereocenters. The third-order valence-corrected chi connectivity index (χ3v) is 4.29. The van der Waals surface area contributed by atoms with E-state index in [0.29, 0.717) is 11.7 Å². The first-order valence-corrected chi connectivity index (χ1v) is 8.06. The molecule has 1 aliphatic rings. The molecule has 4 rings (SSSR count). The van der Waals surface area contributed by atoms with E-state index < -0.39 is 0 Å². The zero-order chi connectivity index (χ0) is 16.7. The summed E-state index contributed by atoms with van der Waals surface area (Å²) in [6.45, 7) is 6.11. The maximum atomic E-state index is 6.08. The van der Waals surface area contributed by atoms with Crippen LogP contribution in [0.15, 0.2) is 47.1 Å². The predicted molar refractivity (Wildman–Crippen MR) is 89.9 cm³/mol. The quantitative estimate of drug-likeness (QED) is 0.710. The van der Waals surface area contributed by atoms with Crippen molar-refractivity contribution in [1.82, 2.24) is 15.1 Å². The largest absolute Gasteiger partial charge is 0.488 e. The third kappa shape index (κ3) is 2.66. The normalized spacial score (nSPS) is 18.7. The van der Waals surface area contributed by atoms with Gasteiger partial charge in [-0.2, -0.15) is 4.98 Å². The van der Waals surface area contributed by atoms with Crippen molar-refractivity contribution < 1.29 is 9.26 Å². The van der Waals surface area contributed by atoms with Gasteiger partial charge in [-0.1, -0.05) is 23.4 Å². The lowest BCUT2D eigenvalue weighted by Gasteiger charge is -2.36. The van der Waals surface area contributed by atoms with E-state index in [1.165, 1.54) is 0 Å². The van der Waals surface area contributed by atoms with Gasteiger partial charge in [-0.15, -0.1) is 0 Å². The smallest absolute Gasteiger partial charge is 0.234 e. The van der Waals surface area contributed by atoms with Crippen molar-refractivity contribution in [2.24, 2.45) is 0 Å². The first-order valence-electron chi connectivity index (χ1n) is 8.06. The highest BCUT2D eigenvalue weighted by Gasteiger charge is 2.37. The molecule has 0 bridgehead atoms.